The van der Waals surface area contributed by atoms with Crippen molar-refractivity contribution in [3.63, 3.8) is 0 Å². The van der Waals surface area contributed by atoms with Crippen LogP contribution in [0.1, 0.15) is 84.3 Å². The van der Waals surface area contributed by atoms with Crippen LogP contribution in [0.15, 0.2) is 83.9 Å². The minimum Gasteiger partial charge on any atom is -0.508 e. The molecule has 0 aromatic heterocycles. The first-order chi connectivity index (χ1) is 47.8. The molecule has 4 rings (SSSR count). The minimum absolute atomic E-state index is 0.00835. The van der Waals surface area contributed by atoms with Crippen molar-refractivity contribution in [2.24, 2.45) is 33.8 Å². The number of aliphatic imine (C=N–C) groups is 1. The van der Waals surface area contributed by atoms with Crippen LogP contribution < -0.4 is 85.9 Å². The fourth-order valence-corrected chi connectivity index (χ4v) is 16.7. The molecule has 1 aliphatic rings. The van der Waals surface area contributed by atoms with Gasteiger partial charge in [-0.05, 0) is 60.6 Å². The Balaban J connectivity index is 1.47. The van der Waals surface area contributed by atoms with Gasteiger partial charge in [-0.15, -0.1) is 0 Å². The third kappa shape index (κ3) is 29.4. The molecule has 0 saturated carbocycles. The van der Waals surface area contributed by atoms with Crippen molar-refractivity contribution in [2.75, 3.05) is 32.8 Å². The molecular formula is C64H91N17O18Se2. The van der Waals surface area contributed by atoms with Crippen LogP contribution in [-0.2, 0) is 80.0 Å². The van der Waals surface area contributed by atoms with E-state index in [1.807, 2.05) is 44.2 Å². The Bertz CT molecular complexity index is 3410. The van der Waals surface area contributed by atoms with Crippen molar-refractivity contribution in [3.8, 4) is 11.5 Å². The summed E-state index contributed by atoms with van der Waals surface area (Å²) in [7, 11) is 0. The van der Waals surface area contributed by atoms with E-state index in [-0.39, 0.29) is 113 Å². The number of likely N-dealkylation sites (tertiary alicyclic amines) is 1. The standard InChI is InChI=1S/C64H91N17O18Se2/c1-33(2)25-43(73-36(5)84)58(94)77-45(27-38-17-21-40(86)22-18-38)60(96)75-42(13-9-23-69-64(67)68)56(92)71-34(3)54(90)76-46(28-51(65)87)57(93)72-35(4)55(91)80-49(32-100-101-41-11-7-6-8-12-41)61(97)79-48(31-83)63(99)81-24-10-14-50(81)62(98)70-29-52(88)74-44(26-37-15-19-39(85)20-16-37)59(95)78-47(30-82)53(66)89/h6-8,11-12,15-22,33-35,42-50,82-83,85-86H,9-10,13-14,23-32H2,1-5H3,(H2,65,87)(H2,66,89)(H,70,98)(H,71,92)(H,72,93)(H,73,84)(H,74,88)(H,75,96)(H,76,90)(H,77,94)(H,78,95)(H,79,97)(H,80,91)(H4,67,68,69)/t34-,35-,42-,43-,44-,45-,46-,47-,48-,49-,50-/m0/s1. The average Bonchev–Trinajstić information content (AvgIpc) is 1.75. The summed E-state index contributed by atoms with van der Waals surface area (Å²) in [5.74, 6) is -13.3. The first-order valence-corrected chi connectivity index (χ1v) is 38.5. The number of hydrogen-bond acceptors (Lipinski definition) is 19. The summed E-state index contributed by atoms with van der Waals surface area (Å²) >= 11 is -0.584. The molecule has 1 aliphatic heterocycles. The average molecular weight is 1540 g/mol. The van der Waals surface area contributed by atoms with Crippen molar-refractivity contribution in [1.82, 2.24) is 63.4 Å². The molecular weight excluding hydrogens is 1450 g/mol. The van der Waals surface area contributed by atoms with Gasteiger partial charge < -0.3 is 59.1 Å². The molecule has 23 N–H and O–H groups in total. The van der Waals surface area contributed by atoms with Crippen LogP contribution in [-0.4, -0.2) is 240 Å². The summed E-state index contributed by atoms with van der Waals surface area (Å²) in [6.45, 7) is 4.72. The Morgan fingerprint density at radius 2 is 1.03 bits per heavy atom. The number of nitrogens with two attached hydrogens (primary N) is 4. The van der Waals surface area contributed by atoms with Crippen molar-refractivity contribution in [2.45, 2.75) is 158 Å². The molecule has 3 aromatic rings. The van der Waals surface area contributed by atoms with Gasteiger partial charge in [0.25, 0.3) is 0 Å². The number of aliphatic hydroxyl groups is 2. The summed E-state index contributed by atoms with van der Waals surface area (Å²) in [5.41, 5.74) is 22.7. The number of aromatic hydroxyl groups is 2. The van der Waals surface area contributed by atoms with Gasteiger partial charge in [-0.1, -0.05) is 38.1 Å². The zero-order chi connectivity index (χ0) is 75.0. The molecule has 0 radical (unpaired) electrons. The number of carbonyl (C=O) groups is 14. The van der Waals surface area contributed by atoms with E-state index in [1.165, 1.54) is 69.3 Å². The predicted molar refractivity (Wildman–Crippen MR) is 367 cm³/mol. The molecule has 0 aliphatic carbocycles. The molecule has 11 atom stereocenters. The number of carbonyl (C=O) groups excluding carboxylic acids is 14. The molecule has 0 bridgehead atoms. The Morgan fingerprint density at radius 3 is 1.54 bits per heavy atom. The van der Waals surface area contributed by atoms with Crippen molar-refractivity contribution in [3.05, 3.63) is 90.0 Å². The van der Waals surface area contributed by atoms with Crippen LogP contribution in [0.4, 0.5) is 0 Å². The second-order valence-electron chi connectivity index (χ2n) is 24.0. The van der Waals surface area contributed by atoms with Gasteiger partial charge in [0.2, 0.25) is 35.4 Å². The quantitative estimate of drug-likeness (QED) is 0.0109. The molecule has 101 heavy (non-hydrogen) atoms. The number of phenols is 2. The number of benzene rings is 3. The summed E-state index contributed by atoms with van der Waals surface area (Å²) in [5, 5.41) is 67.0. The number of nitrogens with one attached hydrogen (secondary N) is 11. The van der Waals surface area contributed by atoms with Gasteiger partial charge in [-0.2, -0.15) is 0 Å². The second kappa shape index (κ2) is 42.2. The Hall–Kier alpha value is -9.93. The maximum absolute atomic E-state index is 14.3. The number of phenolic OH excluding ortho intramolecular Hbond substituents is 2. The smallest absolute Gasteiger partial charge is 0.508 e. The number of guanidine groups is 1. The van der Waals surface area contributed by atoms with Gasteiger partial charge in [0.05, 0.1) is 6.61 Å². The number of amides is 14. The van der Waals surface area contributed by atoms with E-state index in [9.17, 15) is 87.5 Å². The van der Waals surface area contributed by atoms with Gasteiger partial charge in [-0.25, -0.2) is 0 Å². The Labute approximate surface area is 593 Å². The molecule has 3 aromatic carbocycles. The maximum atomic E-state index is 14.3. The van der Waals surface area contributed by atoms with E-state index in [0.717, 1.165) is 9.36 Å². The first-order valence-electron chi connectivity index (χ1n) is 32.1. The summed E-state index contributed by atoms with van der Waals surface area (Å²) in [4.78, 5) is 194. The van der Waals surface area contributed by atoms with Gasteiger partial charge in [-0.3, -0.25) is 38.6 Å². The zero-order valence-electron chi connectivity index (χ0n) is 56.4. The number of hydrogen-bond donors (Lipinski definition) is 19. The molecule has 14 amide bonds. The Morgan fingerprint density at radius 1 is 0.554 bits per heavy atom. The predicted octanol–water partition coefficient (Wildman–Crippen LogP) is -7.59. The van der Waals surface area contributed by atoms with Crippen LogP contribution in [0.5, 0.6) is 11.5 Å². The molecule has 1 saturated heterocycles. The van der Waals surface area contributed by atoms with Crippen LogP contribution in [0.2, 0.25) is 5.32 Å². The van der Waals surface area contributed by atoms with Gasteiger partial charge in [0.1, 0.15) is 41.7 Å². The summed E-state index contributed by atoms with van der Waals surface area (Å²) in [6.07, 6.45) is -0.649. The van der Waals surface area contributed by atoms with Gasteiger partial charge >= 0.3 is 284 Å². The molecule has 1 fully saturated rings. The fourth-order valence-electron chi connectivity index (χ4n) is 9.98. The molecule has 35 nitrogen and oxygen atoms in total. The van der Waals surface area contributed by atoms with Crippen LogP contribution in [0.25, 0.3) is 0 Å². The monoisotopic (exact) mass is 1550 g/mol. The molecule has 1 heterocycles. The van der Waals surface area contributed by atoms with E-state index in [0.29, 0.717) is 11.1 Å². The first kappa shape index (κ1) is 83.5. The van der Waals surface area contributed by atoms with Gasteiger partial charge in [0.15, 0.2) is 5.96 Å². The third-order valence-electron chi connectivity index (χ3n) is 15.2. The number of rotatable bonds is 41. The Kier molecular flexibility index (Phi) is 34.9. The number of primary amides is 2. The van der Waals surface area contributed by atoms with Crippen LogP contribution >= 0.6 is 0 Å². The van der Waals surface area contributed by atoms with E-state index >= 15 is 0 Å². The van der Waals surface area contributed by atoms with E-state index in [2.05, 4.69) is 63.5 Å². The minimum atomic E-state index is -1.78. The summed E-state index contributed by atoms with van der Waals surface area (Å²) in [6, 6.07) is 4.65. The van der Waals surface area contributed by atoms with Crippen molar-refractivity contribution in [1.29, 1.82) is 0 Å². The van der Waals surface area contributed by atoms with E-state index in [4.69, 9.17) is 22.9 Å². The van der Waals surface area contributed by atoms with Crippen molar-refractivity contribution >= 4 is 119 Å². The molecule has 0 unspecified atom stereocenters. The second-order valence-corrected chi connectivity index (χ2v) is 31.0. The van der Waals surface area contributed by atoms with Crippen molar-refractivity contribution < 1.29 is 87.5 Å². The van der Waals surface area contributed by atoms with E-state index < -0.39 is 175 Å². The molecule has 0 spiro atoms. The normalized spacial score (nSPS) is 15.4. The van der Waals surface area contributed by atoms with Crippen LogP contribution in [0, 0.1) is 5.92 Å². The van der Waals surface area contributed by atoms with Crippen LogP contribution in [0.3, 0.4) is 0 Å². The number of aliphatic hydroxyl groups excluding tert-OH is 2. The number of nitrogens with zero attached hydrogens (tertiary/aromatic N) is 2. The zero-order valence-corrected chi connectivity index (χ0v) is 59.8. The molecule has 37 heteroatoms. The third-order valence-corrected chi connectivity index (χ3v) is 22.3. The molecule has 552 valence electrons. The summed E-state index contributed by atoms with van der Waals surface area (Å²) < 4.78 is 0.953. The SMILES string of the molecule is CC(=O)N[C@@H](CC(C)C)C(=O)N[C@@H](Cc1ccc(O)cc1)C(=O)N[C@@H](CCCN=C(N)N)C(=O)N[C@@H](C)C(=O)N[C@@H](CC(N)=O)C(=O)N[C@@H](C)C(=O)N[C@@H](C[Se][Se]c1ccccc1)C(=O)N[C@@H](CO)C(=O)N1CCC[C@H]1C(=O)NCC(=O)N[C@@H](Cc1ccc(O)cc1)C(=O)N[C@@H](CO)C(N)=O. The van der Waals surface area contributed by atoms with Gasteiger partial charge in [0, 0.05) is 26.3 Å². The van der Waals surface area contributed by atoms with E-state index in [1.54, 1.807) is 0 Å². The topological polar surface area (TPSA) is 572 Å². The fraction of sp³-hybridized carbons (Fsp3) is 0.484.